The maximum atomic E-state index is 10.8. The minimum atomic E-state index is -0.485. The number of nitrogens with zero attached hydrogens (tertiary/aromatic N) is 4. The van der Waals surface area contributed by atoms with E-state index in [1.54, 1.807) is 11.8 Å². The van der Waals surface area contributed by atoms with Crippen LogP contribution >= 0.6 is 11.6 Å². The van der Waals surface area contributed by atoms with E-state index < -0.39 is 5.24 Å². The van der Waals surface area contributed by atoms with E-state index in [4.69, 9.17) is 16.3 Å². The Morgan fingerprint density at radius 3 is 2.72 bits per heavy atom. The number of methoxy groups -OCH3 is 1. The van der Waals surface area contributed by atoms with Gasteiger partial charge in [0.1, 0.15) is 5.75 Å². The van der Waals surface area contributed by atoms with Crippen LogP contribution in [0.2, 0.25) is 0 Å². The molecule has 0 aliphatic carbocycles. The van der Waals surface area contributed by atoms with Gasteiger partial charge >= 0.3 is 0 Å². The standard InChI is InChI=1S/C11H11ClN4O2/c1-18-9-4-2-8(3-5-9)7-16-11(6-10(12)17)13-14-15-16/h2-5H,6-7H2,1H3. The fourth-order valence-corrected chi connectivity index (χ4v) is 1.62. The van der Waals surface area contributed by atoms with Gasteiger partial charge in [0.15, 0.2) is 5.82 Å². The number of hydrogen-bond donors (Lipinski definition) is 0. The number of carbonyl (C=O) groups is 1. The smallest absolute Gasteiger partial charge is 0.229 e. The van der Waals surface area contributed by atoms with Crippen molar-refractivity contribution in [2.75, 3.05) is 7.11 Å². The van der Waals surface area contributed by atoms with Crippen LogP contribution in [0.3, 0.4) is 0 Å². The zero-order valence-corrected chi connectivity index (χ0v) is 10.5. The van der Waals surface area contributed by atoms with Crippen LogP contribution in [0.4, 0.5) is 0 Å². The molecule has 0 aliphatic heterocycles. The highest BCUT2D eigenvalue weighted by Gasteiger charge is 2.10. The van der Waals surface area contributed by atoms with Gasteiger partial charge in [0, 0.05) is 0 Å². The second-order valence-corrected chi connectivity index (χ2v) is 4.05. The average Bonchev–Trinajstić information content (AvgIpc) is 2.77. The molecule has 1 heterocycles. The maximum absolute atomic E-state index is 10.8. The predicted molar refractivity (Wildman–Crippen MR) is 64.5 cm³/mol. The molecular formula is C11H11ClN4O2. The first-order valence-electron chi connectivity index (χ1n) is 5.25. The van der Waals surface area contributed by atoms with Crippen molar-refractivity contribution < 1.29 is 9.53 Å². The molecular weight excluding hydrogens is 256 g/mol. The SMILES string of the molecule is COc1ccc(Cn2nnnc2CC(=O)Cl)cc1. The number of aromatic nitrogens is 4. The molecule has 7 heteroatoms. The van der Waals surface area contributed by atoms with Crippen LogP contribution in [0.15, 0.2) is 24.3 Å². The summed E-state index contributed by atoms with van der Waals surface area (Å²) in [4.78, 5) is 10.8. The lowest BCUT2D eigenvalue weighted by molar-refractivity contribution is -0.111. The minimum Gasteiger partial charge on any atom is -0.497 e. The first-order valence-corrected chi connectivity index (χ1v) is 5.63. The number of benzene rings is 1. The summed E-state index contributed by atoms with van der Waals surface area (Å²) in [6.45, 7) is 0.483. The number of ether oxygens (including phenoxy) is 1. The van der Waals surface area contributed by atoms with Crippen molar-refractivity contribution in [2.24, 2.45) is 0 Å². The van der Waals surface area contributed by atoms with Gasteiger partial charge in [0.25, 0.3) is 0 Å². The maximum Gasteiger partial charge on any atom is 0.229 e. The molecule has 0 atom stereocenters. The molecule has 0 saturated heterocycles. The lowest BCUT2D eigenvalue weighted by Crippen LogP contribution is -2.09. The summed E-state index contributed by atoms with van der Waals surface area (Å²) in [6, 6.07) is 7.53. The lowest BCUT2D eigenvalue weighted by Gasteiger charge is -2.04. The van der Waals surface area contributed by atoms with Crippen LogP contribution in [-0.4, -0.2) is 32.6 Å². The Kier molecular flexibility index (Phi) is 3.88. The number of tetrazole rings is 1. The zero-order chi connectivity index (χ0) is 13.0. The summed E-state index contributed by atoms with van der Waals surface area (Å²) in [5, 5.41) is 10.6. The highest BCUT2D eigenvalue weighted by Crippen LogP contribution is 2.12. The Morgan fingerprint density at radius 1 is 1.39 bits per heavy atom. The van der Waals surface area contributed by atoms with Crippen LogP contribution in [-0.2, 0) is 17.8 Å². The fourth-order valence-electron chi connectivity index (χ4n) is 1.50. The lowest BCUT2D eigenvalue weighted by atomic mass is 10.2. The molecule has 0 radical (unpaired) electrons. The van der Waals surface area contributed by atoms with Crippen molar-refractivity contribution >= 4 is 16.8 Å². The summed E-state index contributed by atoms with van der Waals surface area (Å²) in [6.07, 6.45) is 0.0186. The molecule has 0 saturated carbocycles. The molecule has 0 bridgehead atoms. The average molecular weight is 267 g/mol. The van der Waals surface area contributed by atoms with Crippen LogP contribution in [0, 0.1) is 0 Å². The molecule has 2 aromatic rings. The van der Waals surface area contributed by atoms with Gasteiger partial charge in [0.2, 0.25) is 5.24 Å². The van der Waals surface area contributed by atoms with Crippen molar-refractivity contribution in [2.45, 2.75) is 13.0 Å². The largest absolute Gasteiger partial charge is 0.497 e. The van der Waals surface area contributed by atoms with Gasteiger partial charge in [-0.05, 0) is 39.7 Å². The van der Waals surface area contributed by atoms with E-state index in [2.05, 4.69) is 15.5 Å². The van der Waals surface area contributed by atoms with Gasteiger partial charge in [-0.2, -0.15) is 0 Å². The highest BCUT2D eigenvalue weighted by molar-refractivity contribution is 6.63. The second-order valence-electron chi connectivity index (χ2n) is 3.63. The topological polar surface area (TPSA) is 69.9 Å². The van der Waals surface area contributed by atoms with Crippen LogP contribution in [0.5, 0.6) is 5.75 Å². The van der Waals surface area contributed by atoms with Gasteiger partial charge in [0.05, 0.1) is 20.1 Å². The quantitative estimate of drug-likeness (QED) is 0.756. The zero-order valence-electron chi connectivity index (χ0n) is 9.71. The van der Waals surface area contributed by atoms with Crippen molar-refractivity contribution in [1.82, 2.24) is 20.2 Å². The van der Waals surface area contributed by atoms with Crippen molar-refractivity contribution in [3.05, 3.63) is 35.7 Å². The number of rotatable bonds is 5. The van der Waals surface area contributed by atoms with Gasteiger partial charge < -0.3 is 4.74 Å². The van der Waals surface area contributed by atoms with Crippen LogP contribution in [0.1, 0.15) is 11.4 Å². The molecule has 0 amide bonds. The van der Waals surface area contributed by atoms with Gasteiger partial charge in [-0.3, -0.25) is 4.79 Å². The molecule has 0 aliphatic rings. The van der Waals surface area contributed by atoms with E-state index in [0.29, 0.717) is 12.4 Å². The Labute approximate surface area is 109 Å². The van der Waals surface area contributed by atoms with Crippen LogP contribution < -0.4 is 4.74 Å². The Bertz CT molecular complexity index is 538. The molecule has 0 unspecified atom stereocenters. The van der Waals surface area contributed by atoms with Crippen molar-refractivity contribution in [3.63, 3.8) is 0 Å². The van der Waals surface area contributed by atoms with E-state index >= 15 is 0 Å². The van der Waals surface area contributed by atoms with E-state index in [9.17, 15) is 4.79 Å². The van der Waals surface area contributed by atoms with Gasteiger partial charge in [-0.25, -0.2) is 4.68 Å². The highest BCUT2D eigenvalue weighted by atomic mass is 35.5. The summed E-state index contributed by atoms with van der Waals surface area (Å²) < 4.78 is 6.62. The number of halogens is 1. The summed E-state index contributed by atoms with van der Waals surface area (Å²) in [7, 11) is 1.61. The molecule has 1 aromatic carbocycles. The summed E-state index contributed by atoms with van der Waals surface area (Å²) in [5.74, 6) is 1.23. The minimum absolute atomic E-state index is 0.0186. The Balaban J connectivity index is 2.12. The third-order valence-electron chi connectivity index (χ3n) is 2.39. The molecule has 1 aromatic heterocycles. The van der Waals surface area contributed by atoms with Gasteiger partial charge in [-0.1, -0.05) is 12.1 Å². The number of carbonyl (C=O) groups excluding carboxylic acids is 1. The third-order valence-corrected chi connectivity index (χ3v) is 2.53. The van der Waals surface area contributed by atoms with Crippen LogP contribution in [0.25, 0.3) is 0 Å². The third kappa shape index (κ3) is 3.04. The Morgan fingerprint density at radius 2 is 2.11 bits per heavy atom. The molecule has 2 rings (SSSR count). The first kappa shape index (κ1) is 12.5. The molecule has 0 N–H and O–H groups in total. The first-order chi connectivity index (χ1) is 8.69. The fraction of sp³-hybridized carbons (Fsp3) is 0.273. The monoisotopic (exact) mass is 266 g/mol. The molecule has 18 heavy (non-hydrogen) atoms. The van der Waals surface area contributed by atoms with E-state index in [1.807, 2.05) is 24.3 Å². The predicted octanol–water partition coefficient (Wildman–Crippen LogP) is 1.04. The van der Waals surface area contributed by atoms with E-state index in [1.165, 1.54) is 0 Å². The second kappa shape index (κ2) is 5.59. The molecule has 6 nitrogen and oxygen atoms in total. The van der Waals surface area contributed by atoms with Gasteiger partial charge in [-0.15, -0.1) is 5.10 Å². The molecule has 0 fully saturated rings. The van der Waals surface area contributed by atoms with E-state index in [0.717, 1.165) is 11.3 Å². The van der Waals surface area contributed by atoms with Crippen molar-refractivity contribution in [3.8, 4) is 5.75 Å². The number of hydrogen-bond acceptors (Lipinski definition) is 5. The summed E-state index contributed by atoms with van der Waals surface area (Å²) in [5.41, 5.74) is 1.01. The molecule has 94 valence electrons. The van der Waals surface area contributed by atoms with E-state index in [-0.39, 0.29) is 6.42 Å². The molecule has 0 spiro atoms. The summed E-state index contributed by atoms with van der Waals surface area (Å²) >= 11 is 5.32. The van der Waals surface area contributed by atoms with Crippen molar-refractivity contribution in [1.29, 1.82) is 0 Å². The normalized spacial score (nSPS) is 10.3. The Hall–Kier alpha value is -1.95.